The van der Waals surface area contributed by atoms with Crippen LogP contribution in [0, 0.1) is 0 Å². The molecule has 5 heavy (non-hydrogen) atoms. The summed E-state index contributed by atoms with van der Waals surface area (Å²) in [5.74, 6) is 0. The molecule has 0 spiro atoms. The monoisotopic (exact) mass is 263 g/mol. The fraction of sp³-hybridized carbons (Fsp3) is 0.500. The Balaban J connectivity index is 0. The van der Waals surface area contributed by atoms with Crippen molar-refractivity contribution in [3.05, 3.63) is 0 Å². The standard InChI is InChI=1S/CH2O2.CH3.Hg/c2-1-3;;/h1H,(H,2,3);1H3;. The average molecular weight is 262 g/mol. The van der Waals surface area contributed by atoms with Gasteiger partial charge in [0.15, 0.2) is 0 Å². The molecule has 0 amide bonds. The van der Waals surface area contributed by atoms with Crippen LogP contribution in [-0.2, 0) is 30.9 Å². The Hall–Kier alpha value is 0.405. The molecule has 0 rings (SSSR count). The Labute approximate surface area is 47.2 Å². The van der Waals surface area contributed by atoms with Gasteiger partial charge in [0.1, 0.15) is 0 Å². The molecule has 0 heterocycles. The first-order valence-electron chi connectivity index (χ1n) is 1.20. The molecule has 0 aromatic carbocycles. The molecule has 0 aliphatic heterocycles. The third-order valence-corrected chi connectivity index (χ3v) is 0. The summed E-state index contributed by atoms with van der Waals surface area (Å²) in [6.07, 6.45) is 0. The van der Waals surface area contributed by atoms with Crippen LogP contribution < -0.4 is 0 Å². The van der Waals surface area contributed by atoms with Crippen LogP contribution in [0.5, 0.6) is 0 Å². The van der Waals surface area contributed by atoms with Gasteiger partial charge in [0, 0.05) is 0 Å². The second kappa shape index (κ2) is 25.9. The van der Waals surface area contributed by atoms with Crippen LogP contribution in [0.4, 0.5) is 0 Å². The van der Waals surface area contributed by atoms with Gasteiger partial charge < -0.3 is 5.11 Å². The van der Waals surface area contributed by atoms with Gasteiger partial charge in [0.2, 0.25) is 0 Å². The molecule has 3 heteroatoms. The van der Waals surface area contributed by atoms with Crippen LogP contribution in [0.2, 0.25) is 4.43 Å². The van der Waals surface area contributed by atoms with Gasteiger partial charge in [-0.1, -0.05) is 0 Å². The minimum atomic E-state index is -0.250. The number of carbonyl (C=O) groups is 1. The Morgan fingerprint density at radius 3 is 1.80 bits per heavy atom. The van der Waals surface area contributed by atoms with Crippen molar-refractivity contribution < 1.29 is 36.0 Å². The normalized spacial score (nSPS) is 3.80. The fourth-order valence-electron chi connectivity index (χ4n) is 0. The van der Waals surface area contributed by atoms with Crippen molar-refractivity contribution in [1.82, 2.24) is 0 Å². The zero-order chi connectivity index (χ0) is 4.71. The average Bonchev–Trinajstić information content (AvgIpc) is 1.46. The maximum atomic E-state index is 8.36. The van der Waals surface area contributed by atoms with Crippen LogP contribution in [0.1, 0.15) is 0 Å². The first-order valence-corrected chi connectivity index (χ1v) is 6.70. The van der Waals surface area contributed by atoms with E-state index in [2.05, 4.69) is 4.43 Å². The first kappa shape index (κ1) is 9.05. The predicted octanol–water partition coefficient (Wildman–Crippen LogP) is 0.282. The van der Waals surface area contributed by atoms with E-state index in [0.717, 1.165) is 26.1 Å². The van der Waals surface area contributed by atoms with Crippen molar-refractivity contribution in [2.75, 3.05) is 0 Å². The van der Waals surface area contributed by atoms with Crippen LogP contribution in [0.25, 0.3) is 0 Å². The van der Waals surface area contributed by atoms with E-state index in [1.807, 2.05) is 0 Å². The van der Waals surface area contributed by atoms with Crippen molar-refractivity contribution in [2.24, 2.45) is 0 Å². The van der Waals surface area contributed by atoms with Crippen molar-refractivity contribution in [3.8, 4) is 0 Å². The summed E-state index contributed by atoms with van der Waals surface area (Å²) >= 11 is 1.03. The van der Waals surface area contributed by atoms with E-state index in [9.17, 15) is 0 Å². The summed E-state index contributed by atoms with van der Waals surface area (Å²) in [4.78, 5) is 8.36. The van der Waals surface area contributed by atoms with E-state index in [0.29, 0.717) is 0 Å². The van der Waals surface area contributed by atoms with Crippen LogP contribution in [0.3, 0.4) is 0 Å². The van der Waals surface area contributed by atoms with Gasteiger partial charge in [-0.25, -0.2) is 0 Å². The van der Waals surface area contributed by atoms with E-state index >= 15 is 0 Å². The zero-order valence-corrected chi connectivity index (χ0v) is 8.64. The third-order valence-electron chi connectivity index (χ3n) is 0. The van der Waals surface area contributed by atoms with Gasteiger partial charge in [-0.2, -0.15) is 0 Å². The van der Waals surface area contributed by atoms with E-state index < -0.39 is 0 Å². The number of hydrogen-bond donors (Lipinski definition) is 1. The van der Waals surface area contributed by atoms with Crippen molar-refractivity contribution in [2.45, 2.75) is 4.43 Å². The van der Waals surface area contributed by atoms with Crippen molar-refractivity contribution in [1.29, 1.82) is 0 Å². The van der Waals surface area contributed by atoms with E-state index in [-0.39, 0.29) is 6.47 Å². The quantitative estimate of drug-likeness (QED) is 0.502. The minimum absolute atomic E-state index is 0.250. The predicted molar refractivity (Wildman–Crippen MR) is 14.6 cm³/mol. The van der Waals surface area contributed by atoms with Crippen LogP contribution in [-0.4, -0.2) is 11.6 Å². The summed E-state index contributed by atoms with van der Waals surface area (Å²) in [6.45, 7) is -0.250. The van der Waals surface area contributed by atoms with Gasteiger partial charge in [0.05, 0.1) is 0 Å². The second-order valence-corrected chi connectivity index (χ2v) is 0.105. The Morgan fingerprint density at radius 1 is 1.80 bits per heavy atom. The zero-order valence-electron chi connectivity index (χ0n) is 3.14. The molecule has 0 saturated heterocycles. The fourth-order valence-corrected chi connectivity index (χ4v) is 0. The van der Waals surface area contributed by atoms with Gasteiger partial charge >= 0.3 is 30.6 Å². The van der Waals surface area contributed by atoms with Gasteiger partial charge in [-0.15, -0.1) is 0 Å². The van der Waals surface area contributed by atoms with Crippen LogP contribution in [0.15, 0.2) is 0 Å². The Kier molecular flexibility index (Phi) is 46.8. The van der Waals surface area contributed by atoms with E-state index in [4.69, 9.17) is 9.90 Å². The molecule has 0 fully saturated rings. The summed E-state index contributed by atoms with van der Waals surface area (Å²) < 4.78 is 2.19. The van der Waals surface area contributed by atoms with E-state index in [1.54, 1.807) is 0 Å². The molecule has 0 aliphatic carbocycles. The number of hydrogen-bond acceptors (Lipinski definition) is 1. The maximum absolute atomic E-state index is 8.36. The van der Waals surface area contributed by atoms with Crippen molar-refractivity contribution >= 4 is 6.47 Å². The molecule has 0 aliphatic rings. The number of carboxylic acid groups (broad SMARTS) is 1. The molecule has 0 radical (unpaired) electrons. The summed E-state index contributed by atoms with van der Waals surface area (Å²) in [5.41, 5.74) is 0. The van der Waals surface area contributed by atoms with Crippen molar-refractivity contribution in [3.63, 3.8) is 0 Å². The molecule has 0 unspecified atom stereocenters. The molecule has 0 bridgehead atoms. The molecule has 1 N–H and O–H groups in total. The van der Waals surface area contributed by atoms with E-state index in [1.165, 1.54) is 0 Å². The SMILES string of the molecule is O=CO.[CH3][Hg]. The van der Waals surface area contributed by atoms with Gasteiger partial charge in [-0.3, -0.25) is 4.79 Å². The molecule has 2 nitrogen and oxygen atoms in total. The molecule has 27 valence electrons. The van der Waals surface area contributed by atoms with Gasteiger partial charge in [-0.05, 0) is 0 Å². The molecule has 0 aromatic rings. The summed E-state index contributed by atoms with van der Waals surface area (Å²) in [6, 6.07) is 0. The summed E-state index contributed by atoms with van der Waals surface area (Å²) in [5, 5.41) is 6.89. The van der Waals surface area contributed by atoms with Crippen LogP contribution >= 0.6 is 0 Å². The number of rotatable bonds is 0. The molecular weight excluding hydrogens is 257 g/mol. The topological polar surface area (TPSA) is 37.3 Å². The molecule has 0 atom stereocenters. The Bertz CT molecular complexity index is 15.1. The first-order chi connectivity index (χ1) is 2.41. The van der Waals surface area contributed by atoms with Gasteiger partial charge in [0.25, 0.3) is 6.47 Å². The molecule has 0 aromatic heterocycles. The molecule has 0 saturated carbocycles. The Morgan fingerprint density at radius 2 is 1.80 bits per heavy atom. The molecular formula is C2H5HgO2. The second-order valence-electron chi connectivity index (χ2n) is 0.105. The summed E-state index contributed by atoms with van der Waals surface area (Å²) in [7, 11) is 0. The third kappa shape index (κ3) is 155.